The fourth-order valence-electron chi connectivity index (χ4n) is 1.53. The molecule has 0 atom stereocenters. The number of carbonyl (C=O) groups is 1. The zero-order valence-electron chi connectivity index (χ0n) is 10.0. The molecule has 0 aliphatic heterocycles. The van der Waals surface area contributed by atoms with Crippen LogP contribution < -0.4 is 5.32 Å². The van der Waals surface area contributed by atoms with Crippen LogP contribution in [0.15, 0.2) is 0 Å². The summed E-state index contributed by atoms with van der Waals surface area (Å²) in [6.07, 6.45) is 2.33. The second-order valence-corrected chi connectivity index (χ2v) is 4.99. The lowest BCUT2D eigenvalue weighted by Crippen LogP contribution is -2.47. The molecule has 0 heterocycles. The van der Waals surface area contributed by atoms with Gasteiger partial charge in [-0.1, -0.05) is 0 Å². The molecule has 1 aliphatic rings. The summed E-state index contributed by atoms with van der Waals surface area (Å²) in [5.74, 6) is -0.191. The number of nitrogens with one attached hydrogen (secondary N) is 1. The van der Waals surface area contributed by atoms with E-state index in [1.807, 2.05) is 20.8 Å². The van der Waals surface area contributed by atoms with Crippen LogP contribution in [0.1, 0.15) is 33.6 Å². The van der Waals surface area contributed by atoms with E-state index >= 15 is 0 Å². The lowest BCUT2D eigenvalue weighted by atomic mass is 9.89. The second-order valence-electron chi connectivity index (χ2n) is 4.99. The van der Waals surface area contributed by atoms with E-state index in [4.69, 9.17) is 9.47 Å². The van der Waals surface area contributed by atoms with E-state index in [9.17, 15) is 4.79 Å². The second kappa shape index (κ2) is 4.94. The Kier molecular flexibility index (Phi) is 4.11. The minimum Gasteiger partial charge on any atom is -0.459 e. The third kappa shape index (κ3) is 4.62. The lowest BCUT2D eigenvalue weighted by Gasteiger charge is -2.34. The Labute approximate surface area is 91.3 Å². The van der Waals surface area contributed by atoms with E-state index in [-0.39, 0.29) is 5.97 Å². The summed E-state index contributed by atoms with van der Waals surface area (Å²) in [4.78, 5) is 11.3. The number of rotatable bonds is 4. The standard InChI is InChI=1S/C11H21NO3/c1-11(2,3)15-10(13)7-12-8-5-9(6-8)14-4/h8-9,12H,5-7H2,1-4H3. The number of ether oxygens (including phenoxy) is 2. The third-order valence-corrected chi connectivity index (χ3v) is 2.38. The molecule has 0 aromatic heterocycles. The van der Waals surface area contributed by atoms with E-state index in [0.717, 1.165) is 12.8 Å². The molecule has 1 rings (SSSR count). The Bertz CT molecular complexity index is 216. The molecule has 0 bridgehead atoms. The van der Waals surface area contributed by atoms with Crippen LogP contribution in [0.2, 0.25) is 0 Å². The van der Waals surface area contributed by atoms with E-state index < -0.39 is 5.60 Å². The molecule has 1 aliphatic carbocycles. The van der Waals surface area contributed by atoms with Crippen LogP contribution in [-0.4, -0.2) is 37.4 Å². The molecule has 1 saturated carbocycles. The minimum atomic E-state index is -0.395. The molecule has 4 heteroatoms. The van der Waals surface area contributed by atoms with Crippen molar-refractivity contribution >= 4 is 5.97 Å². The van der Waals surface area contributed by atoms with Gasteiger partial charge in [0.1, 0.15) is 5.60 Å². The van der Waals surface area contributed by atoms with Crippen molar-refractivity contribution in [3.63, 3.8) is 0 Å². The van der Waals surface area contributed by atoms with Crippen molar-refractivity contribution in [1.82, 2.24) is 5.32 Å². The van der Waals surface area contributed by atoms with Gasteiger partial charge in [0.2, 0.25) is 0 Å². The first kappa shape index (κ1) is 12.5. The maximum absolute atomic E-state index is 11.3. The fourth-order valence-corrected chi connectivity index (χ4v) is 1.53. The molecule has 0 unspecified atom stereocenters. The van der Waals surface area contributed by atoms with Crippen LogP contribution in [0.4, 0.5) is 0 Å². The van der Waals surface area contributed by atoms with Crippen molar-refractivity contribution in [1.29, 1.82) is 0 Å². The molecule has 15 heavy (non-hydrogen) atoms. The van der Waals surface area contributed by atoms with Crippen molar-refractivity contribution in [3.05, 3.63) is 0 Å². The van der Waals surface area contributed by atoms with Crippen molar-refractivity contribution in [2.75, 3.05) is 13.7 Å². The summed E-state index contributed by atoms with van der Waals surface area (Å²) in [6, 6.07) is 0.405. The fraction of sp³-hybridized carbons (Fsp3) is 0.909. The third-order valence-electron chi connectivity index (χ3n) is 2.38. The molecule has 1 fully saturated rings. The maximum atomic E-state index is 11.3. The van der Waals surface area contributed by atoms with Crippen LogP contribution in [0.3, 0.4) is 0 Å². The van der Waals surface area contributed by atoms with Crippen LogP contribution >= 0.6 is 0 Å². The molecule has 0 aromatic rings. The van der Waals surface area contributed by atoms with Crippen molar-refractivity contribution in [3.8, 4) is 0 Å². The topological polar surface area (TPSA) is 47.6 Å². The Morgan fingerprint density at radius 2 is 2.00 bits per heavy atom. The van der Waals surface area contributed by atoms with Crippen LogP contribution in [0, 0.1) is 0 Å². The van der Waals surface area contributed by atoms with Gasteiger partial charge in [-0.2, -0.15) is 0 Å². The molecule has 0 amide bonds. The average Bonchev–Trinajstić information content (AvgIpc) is 1.98. The van der Waals surface area contributed by atoms with Gasteiger partial charge in [-0.3, -0.25) is 4.79 Å². The molecule has 1 N–H and O–H groups in total. The molecule has 0 aromatic carbocycles. The maximum Gasteiger partial charge on any atom is 0.320 e. The monoisotopic (exact) mass is 215 g/mol. The summed E-state index contributed by atoms with van der Waals surface area (Å²) in [7, 11) is 1.72. The highest BCUT2D eigenvalue weighted by Crippen LogP contribution is 2.22. The first-order valence-corrected chi connectivity index (χ1v) is 5.39. The molecule has 0 radical (unpaired) electrons. The van der Waals surface area contributed by atoms with Crippen LogP contribution in [0.5, 0.6) is 0 Å². The molecule has 0 saturated heterocycles. The van der Waals surface area contributed by atoms with Crippen LogP contribution in [-0.2, 0) is 14.3 Å². The quantitative estimate of drug-likeness (QED) is 0.713. The summed E-state index contributed by atoms with van der Waals surface area (Å²) < 4.78 is 10.3. The predicted molar refractivity (Wildman–Crippen MR) is 57.7 cm³/mol. The van der Waals surface area contributed by atoms with E-state index in [0.29, 0.717) is 18.7 Å². The van der Waals surface area contributed by atoms with Gasteiger partial charge in [-0.25, -0.2) is 0 Å². The zero-order chi connectivity index (χ0) is 11.5. The van der Waals surface area contributed by atoms with Gasteiger partial charge in [-0.15, -0.1) is 0 Å². The minimum absolute atomic E-state index is 0.191. The highest BCUT2D eigenvalue weighted by molar-refractivity contribution is 5.72. The van der Waals surface area contributed by atoms with Gasteiger partial charge >= 0.3 is 5.97 Å². The van der Waals surface area contributed by atoms with E-state index in [1.54, 1.807) is 7.11 Å². The number of carbonyl (C=O) groups excluding carboxylic acids is 1. The Hall–Kier alpha value is -0.610. The van der Waals surface area contributed by atoms with Gasteiger partial charge in [0, 0.05) is 13.2 Å². The van der Waals surface area contributed by atoms with Crippen molar-refractivity contribution < 1.29 is 14.3 Å². The Balaban J connectivity index is 2.08. The first-order valence-electron chi connectivity index (χ1n) is 5.39. The zero-order valence-corrected chi connectivity index (χ0v) is 10.0. The summed E-state index contributed by atoms with van der Waals surface area (Å²) in [6.45, 7) is 5.90. The van der Waals surface area contributed by atoms with Gasteiger partial charge in [0.25, 0.3) is 0 Å². The van der Waals surface area contributed by atoms with Gasteiger partial charge in [-0.05, 0) is 33.6 Å². The smallest absolute Gasteiger partial charge is 0.320 e. The molecule has 88 valence electrons. The highest BCUT2D eigenvalue weighted by Gasteiger charge is 2.29. The normalized spacial score (nSPS) is 25.9. The number of esters is 1. The summed E-state index contributed by atoms with van der Waals surface area (Å²) >= 11 is 0. The first-order chi connectivity index (χ1) is 6.90. The molecule has 0 spiro atoms. The van der Waals surface area contributed by atoms with E-state index in [2.05, 4.69) is 5.32 Å². The largest absolute Gasteiger partial charge is 0.459 e. The van der Waals surface area contributed by atoms with E-state index in [1.165, 1.54) is 0 Å². The molecule has 4 nitrogen and oxygen atoms in total. The van der Waals surface area contributed by atoms with Crippen molar-refractivity contribution in [2.24, 2.45) is 0 Å². The Morgan fingerprint density at radius 3 is 2.47 bits per heavy atom. The summed E-state index contributed by atoms with van der Waals surface area (Å²) in [5.41, 5.74) is -0.395. The SMILES string of the molecule is COC1CC(NCC(=O)OC(C)(C)C)C1. The van der Waals surface area contributed by atoms with Gasteiger partial charge < -0.3 is 14.8 Å². The predicted octanol–water partition coefficient (Wildman–Crippen LogP) is 1.10. The van der Waals surface area contributed by atoms with Crippen LogP contribution in [0.25, 0.3) is 0 Å². The number of hydrogen-bond acceptors (Lipinski definition) is 4. The molecular weight excluding hydrogens is 194 g/mol. The van der Waals surface area contributed by atoms with Crippen molar-refractivity contribution in [2.45, 2.75) is 51.4 Å². The Morgan fingerprint density at radius 1 is 1.40 bits per heavy atom. The van der Waals surface area contributed by atoms with Gasteiger partial charge in [0.05, 0.1) is 12.6 Å². The highest BCUT2D eigenvalue weighted by atomic mass is 16.6. The van der Waals surface area contributed by atoms with Gasteiger partial charge in [0.15, 0.2) is 0 Å². The number of methoxy groups -OCH3 is 1. The molecular formula is C11H21NO3. The average molecular weight is 215 g/mol. The summed E-state index contributed by atoms with van der Waals surface area (Å²) in [5, 5.41) is 3.15. The number of hydrogen-bond donors (Lipinski definition) is 1. The lowest BCUT2D eigenvalue weighted by molar-refractivity contribution is -0.154.